The fraction of sp³-hybridized carbons (Fsp3) is 0.375. The van der Waals surface area contributed by atoms with Gasteiger partial charge < -0.3 is 14.8 Å². The van der Waals surface area contributed by atoms with E-state index in [2.05, 4.69) is 32.9 Å². The van der Waals surface area contributed by atoms with Gasteiger partial charge in [-0.1, -0.05) is 6.07 Å². The first-order chi connectivity index (χ1) is 10.5. The van der Waals surface area contributed by atoms with E-state index in [1.165, 1.54) is 5.56 Å². The largest absolute Gasteiger partial charge is 0.384 e. The van der Waals surface area contributed by atoms with Gasteiger partial charge in [0.1, 0.15) is 11.2 Å². The number of aliphatic hydroxyl groups is 1. The lowest BCUT2D eigenvalue weighted by molar-refractivity contribution is 0.0565. The first-order valence-corrected chi connectivity index (χ1v) is 7.30. The lowest BCUT2D eigenvalue weighted by atomic mass is 10.00. The van der Waals surface area contributed by atoms with Crippen LogP contribution in [0.2, 0.25) is 0 Å². The normalized spacial score (nSPS) is 14.4. The minimum atomic E-state index is -0.954. The number of nitrogens with one attached hydrogen (secondary N) is 1. The molecule has 0 radical (unpaired) electrons. The van der Waals surface area contributed by atoms with Crippen LogP contribution in [-0.4, -0.2) is 30.8 Å². The lowest BCUT2D eigenvalue weighted by Crippen LogP contribution is -2.35. The third-order valence-electron chi connectivity index (χ3n) is 3.83. The Hall–Kier alpha value is -2.18. The number of aromatic nitrogens is 4. The zero-order valence-corrected chi connectivity index (χ0v) is 13.1. The van der Waals surface area contributed by atoms with Gasteiger partial charge in [0, 0.05) is 38.1 Å². The number of aryl methyl sites for hydroxylation is 2. The van der Waals surface area contributed by atoms with Crippen LogP contribution < -0.4 is 5.32 Å². The Labute approximate surface area is 129 Å². The SMILES string of the molecule is Cc1ccc2ncc(CNCC(C)(O)c3cnn(C)c3)n2c1. The van der Waals surface area contributed by atoms with E-state index in [-0.39, 0.29) is 0 Å². The fourth-order valence-electron chi connectivity index (χ4n) is 2.50. The number of pyridine rings is 1. The molecule has 0 saturated carbocycles. The molecule has 6 nitrogen and oxygen atoms in total. The predicted octanol–water partition coefficient (Wildman–Crippen LogP) is 1.37. The molecule has 0 amide bonds. The van der Waals surface area contributed by atoms with Crippen molar-refractivity contribution in [2.24, 2.45) is 7.05 Å². The second kappa shape index (κ2) is 5.55. The zero-order valence-electron chi connectivity index (χ0n) is 13.1. The molecule has 0 aromatic carbocycles. The molecule has 6 heteroatoms. The van der Waals surface area contributed by atoms with Crippen molar-refractivity contribution in [3.63, 3.8) is 0 Å². The molecule has 0 bridgehead atoms. The molecule has 2 N–H and O–H groups in total. The minimum Gasteiger partial charge on any atom is -0.384 e. The van der Waals surface area contributed by atoms with Gasteiger partial charge in [-0.25, -0.2) is 4.98 Å². The van der Waals surface area contributed by atoms with Crippen LogP contribution in [-0.2, 0) is 19.2 Å². The molecule has 3 heterocycles. The molecule has 116 valence electrons. The summed E-state index contributed by atoms with van der Waals surface area (Å²) in [6, 6.07) is 4.05. The lowest BCUT2D eigenvalue weighted by Gasteiger charge is -2.22. The van der Waals surface area contributed by atoms with Gasteiger partial charge >= 0.3 is 0 Å². The average molecular weight is 299 g/mol. The van der Waals surface area contributed by atoms with E-state index in [0.717, 1.165) is 16.9 Å². The summed E-state index contributed by atoms with van der Waals surface area (Å²) in [6.07, 6.45) is 7.46. The van der Waals surface area contributed by atoms with E-state index in [1.807, 2.05) is 31.6 Å². The topological polar surface area (TPSA) is 67.4 Å². The number of imidazole rings is 1. The van der Waals surface area contributed by atoms with Crippen molar-refractivity contribution in [3.8, 4) is 0 Å². The summed E-state index contributed by atoms with van der Waals surface area (Å²) < 4.78 is 3.76. The summed E-state index contributed by atoms with van der Waals surface area (Å²) in [5.74, 6) is 0. The van der Waals surface area contributed by atoms with Gasteiger partial charge in [-0.3, -0.25) is 4.68 Å². The van der Waals surface area contributed by atoms with Crippen LogP contribution >= 0.6 is 0 Å². The predicted molar refractivity (Wildman–Crippen MR) is 84.4 cm³/mol. The second-order valence-electron chi connectivity index (χ2n) is 5.96. The van der Waals surface area contributed by atoms with Crippen molar-refractivity contribution in [1.82, 2.24) is 24.5 Å². The Morgan fingerprint density at radius 2 is 2.09 bits per heavy atom. The maximum Gasteiger partial charge on any atom is 0.136 e. The van der Waals surface area contributed by atoms with Crippen LogP contribution in [0.25, 0.3) is 5.65 Å². The van der Waals surface area contributed by atoms with Crippen LogP contribution in [0.4, 0.5) is 0 Å². The van der Waals surface area contributed by atoms with Crippen LogP contribution in [0.5, 0.6) is 0 Å². The maximum absolute atomic E-state index is 10.5. The van der Waals surface area contributed by atoms with E-state index in [9.17, 15) is 5.11 Å². The Morgan fingerprint density at radius 1 is 1.27 bits per heavy atom. The number of rotatable bonds is 5. The summed E-state index contributed by atoms with van der Waals surface area (Å²) in [4.78, 5) is 4.38. The van der Waals surface area contributed by atoms with E-state index in [4.69, 9.17) is 0 Å². The summed E-state index contributed by atoms with van der Waals surface area (Å²) >= 11 is 0. The molecule has 1 atom stereocenters. The van der Waals surface area contributed by atoms with Crippen molar-refractivity contribution in [3.05, 3.63) is 53.7 Å². The molecule has 0 aliphatic rings. The molecular formula is C16H21N5O. The van der Waals surface area contributed by atoms with Crippen LogP contribution in [0.15, 0.2) is 36.9 Å². The summed E-state index contributed by atoms with van der Waals surface area (Å²) in [5, 5.41) is 18.0. The van der Waals surface area contributed by atoms with Crippen molar-refractivity contribution >= 4 is 5.65 Å². The van der Waals surface area contributed by atoms with Gasteiger partial charge in [-0.05, 0) is 25.5 Å². The first kappa shape index (κ1) is 14.7. The van der Waals surface area contributed by atoms with Crippen LogP contribution in [0.3, 0.4) is 0 Å². The monoisotopic (exact) mass is 299 g/mol. The smallest absolute Gasteiger partial charge is 0.136 e. The molecule has 0 aliphatic heterocycles. The third kappa shape index (κ3) is 2.88. The number of hydrogen-bond acceptors (Lipinski definition) is 4. The molecule has 22 heavy (non-hydrogen) atoms. The van der Waals surface area contributed by atoms with Gasteiger partial charge in [0.05, 0.1) is 18.1 Å². The zero-order chi connectivity index (χ0) is 15.7. The quantitative estimate of drug-likeness (QED) is 0.747. The van der Waals surface area contributed by atoms with E-state index < -0.39 is 5.60 Å². The second-order valence-corrected chi connectivity index (χ2v) is 5.96. The van der Waals surface area contributed by atoms with E-state index in [1.54, 1.807) is 17.8 Å². The van der Waals surface area contributed by atoms with E-state index >= 15 is 0 Å². The van der Waals surface area contributed by atoms with E-state index in [0.29, 0.717) is 13.1 Å². The maximum atomic E-state index is 10.5. The summed E-state index contributed by atoms with van der Waals surface area (Å²) in [5.41, 5.74) is 3.04. The van der Waals surface area contributed by atoms with Crippen molar-refractivity contribution in [2.75, 3.05) is 6.54 Å². The average Bonchev–Trinajstić information content (AvgIpc) is 3.06. The molecular weight excluding hydrogens is 278 g/mol. The molecule has 0 aliphatic carbocycles. The molecule has 3 rings (SSSR count). The Bertz CT molecular complexity index is 787. The third-order valence-corrected chi connectivity index (χ3v) is 3.83. The molecule has 1 unspecified atom stereocenters. The number of fused-ring (bicyclic) bond motifs is 1. The highest BCUT2D eigenvalue weighted by Crippen LogP contribution is 2.18. The van der Waals surface area contributed by atoms with Gasteiger partial charge in [-0.2, -0.15) is 5.10 Å². The van der Waals surface area contributed by atoms with Gasteiger partial charge in [0.2, 0.25) is 0 Å². The summed E-state index contributed by atoms with van der Waals surface area (Å²) in [7, 11) is 1.84. The minimum absolute atomic E-state index is 0.442. The first-order valence-electron chi connectivity index (χ1n) is 7.30. The van der Waals surface area contributed by atoms with Gasteiger partial charge in [0.15, 0.2) is 0 Å². The van der Waals surface area contributed by atoms with Gasteiger partial charge in [0.25, 0.3) is 0 Å². The Kier molecular flexibility index (Phi) is 3.72. The molecule has 3 aromatic rings. The van der Waals surface area contributed by atoms with Crippen LogP contribution in [0, 0.1) is 6.92 Å². The number of nitrogens with zero attached hydrogens (tertiary/aromatic N) is 4. The van der Waals surface area contributed by atoms with Gasteiger partial charge in [-0.15, -0.1) is 0 Å². The molecule has 0 fully saturated rings. The highest BCUT2D eigenvalue weighted by molar-refractivity contribution is 5.41. The molecule has 0 saturated heterocycles. The fourth-order valence-corrected chi connectivity index (χ4v) is 2.50. The van der Waals surface area contributed by atoms with Crippen molar-refractivity contribution < 1.29 is 5.11 Å². The highest BCUT2D eigenvalue weighted by atomic mass is 16.3. The van der Waals surface area contributed by atoms with Crippen LogP contribution in [0.1, 0.15) is 23.7 Å². The molecule has 0 spiro atoms. The summed E-state index contributed by atoms with van der Waals surface area (Å²) in [6.45, 7) is 4.93. The Morgan fingerprint density at radius 3 is 2.82 bits per heavy atom. The van der Waals surface area contributed by atoms with Crippen molar-refractivity contribution in [2.45, 2.75) is 26.0 Å². The molecule has 3 aromatic heterocycles. The van der Waals surface area contributed by atoms with Crippen molar-refractivity contribution in [1.29, 1.82) is 0 Å². The number of hydrogen-bond donors (Lipinski definition) is 2. The standard InChI is InChI=1S/C16H21N5O/c1-12-4-5-15-18-8-14(21(15)9-12)7-17-11-16(2,22)13-6-19-20(3)10-13/h4-6,8-10,17,22H,7,11H2,1-3H3. The Balaban J connectivity index is 1.68. The highest BCUT2D eigenvalue weighted by Gasteiger charge is 2.24.